The average Bonchev–Trinajstić information content (AvgIpc) is 3.30. The molecule has 1 aromatic carbocycles. The van der Waals surface area contributed by atoms with Crippen LogP contribution in [0.1, 0.15) is 62.2 Å². The van der Waals surface area contributed by atoms with Crippen LogP contribution in [0.2, 0.25) is 0 Å². The summed E-state index contributed by atoms with van der Waals surface area (Å²) in [4.78, 5) is 45.7. The molecule has 0 radical (unpaired) electrons. The van der Waals surface area contributed by atoms with Gasteiger partial charge in [-0.1, -0.05) is 18.2 Å². The smallest absolute Gasteiger partial charge is 0.319 e. The Labute approximate surface area is 223 Å². The van der Waals surface area contributed by atoms with E-state index in [1.54, 1.807) is 0 Å². The van der Waals surface area contributed by atoms with Crippen LogP contribution >= 0.6 is 11.3 Å². The van der Waals surface area contributed by atoms with Gasteiger partial charge in [0.05, 0.1) is 11.5 Å². The van der Waals surface area contributed by atoms with E-state index in [0.717, 1.165) is 74.8 Å². The molecule has 1 atom stereocenters. The largest absolute Gasteiger partial charge is 0.342 e. The third kappa shape index (κ3) is 5.77. The Kier molecular flexibility index (Phi) is 8.30. The van der Waals surface area contributed by atoms with E-state index in [1.165, 1.54) is 17.8 Å². The molecule has 4 amide bonds. The number of nitrogens with zero attached hydrogens (tertiary/aromatic N) is 3. The van der Waals surface area contributed by atoms with E-state index in [2.05, 4.69) is 20.4 Å². The minimum Gasteiger partial charge on any atom is -0.342 e. The molecule has 0 bridgehead atoms. The van der Waals surface area contributed by atoms with Crippen molar-refractivity contribution in [3.8, 4) is 0 Å². The van der Waals surface area contributed by atoms with Crippen LogP contribution in [0.4, 0.5) is 9.80 Å². The second-order valence-electron chi connectivity index (χ2n) is 10.5. The average molecular weight is 526 g/mol. The zero-order valence-corrected chi connectivity index (χ0v) is 22.7. The molecule has 37 heavy (non-hydrogen) atoms. The molecule has 4 heterocycles. The van der Waals surface area contributed by atoms with Crippen molar-refractivity contribution in [1.29, 1.82) is 0 Å². The summed E-state index contributed by atoms with van der Waals surface area (Å²) in [5, 5.41) is 7.15. The molecule has 0 saturated carbocycles. The predicted molar refractivity (Wildman–Crippen MR) is 148 cm³/mol. The first-order chi connectivity index (χ1) is 18.0. The summed E-state index contributed by atoms with van der Waals surface area (Å²) < 4.78 is 0.991. The normalized spacial score (nSPS) is 21.7. The van der Waals surface area contributed by atoms with Crippen molar-refractivity contribution in [2.45, 2.75) is 57.9 Å². The number of rotatable bonds is 5. The van der Waals surface area contributed by atoms with Crippen molar-refractivity contribution < 1.29 is 14.4 Å². The number of carbonyl (C=O) groups excluding carboxylic acids is 3. The number of hydrogen-bond acceptors (Lipinski definition) is 5. The summed E-state index contributed by atoms with van der Waals surface area (Å²) in [6.07, 6.45) is 7.40. The molecule has 1 aromatic heterocycles. The summed E-state index contributed by atoms with van der Waals surface area (Å²) in [5.41, 5.74) is 0.593. The Morgan fingerprint density at radius 1 is 0.919 bits per heavy atom. The minimum absolute atomic E-state index is 0.0144. The molecule has 0 spiro atoms. The number of amides is 4. The fourth-order valence-corrected chi connectivity index (χ4v) is 7.25. The molecular weight excluding hydrogens is 486 g/mol. The molecule has 200 valence electrons. The fraction of sp³-hybridized carbons (Fsp3) is 0.607. The summed E-state index contributed by atoms with van der Waals surface area (Å²) >= 11 is 1.44. The van der Waals surface area contributed by atoms with Crippen LogP contribution in [0, 0.1) is 5.92 Å². The van der Waals surface area contributed by atoms with Crippen LogP contribution in [0.5, 0.6) is 0 Å². The summed E-state index contributed by atoms with van der Waals surface area (Å²) in [7, 11) is 0. The van der Waals surface area contributed by atoms with Gasteiger partial charge in [0.15, 0.2) is 0 Å². The predicted octanol–water partition coefficient (Wildman–Crippen LogP) is 4.37. The molecule has 3 aliphatic heterocycles. The van der Waals surface area contributed by atoms with Gasteiger partial charge in [0.1, 0.15) is 5.00 Å². The lowest BCUT2D eigenvalue weighted by Crippen LogP contribution is -2.52. The standard InChI is InChI=1S/C28H39N5O3S/c1-2-29-28(36)30-25-24(22-10-4-5-11-23(22)37-25)27(35)32-17-12-21(13-18-32)33-16-8-9-20(19-33)26(34)31-14-6-3-7-15-31/h4-5,10-11,20-21H,2-3,6-9,12-19H2,1H3,(H2,29,30,36). The maximum Gasteiger partial charge on any atom is 0.319 e. The Hall–Kier alpha value is -2.65. The van der Waals surface area contributed by atoms with Crippen LogP contribution in [0.15, 0.2) is 24.3 Å². The van der Waals surface area contributed by atoms with Gasteiger partial charge in [-0.05, 0) is 64.5 Å². The van der Waals surface area contributed by atoms with Crippen LogP contribution in [-0.4, -0.2) is 84.4 Å². The minimum atomic E-state index is -0.291. The molecule has 5 rings (SSSR count). The highest BCUT2D eigenvalue weighted by atomic mass is 32.1. The van der Waals surface area contributed by atoms with Crippen molar-refractivity contribution in [1.82, 2.24) is 20.0 Å². The van der Waals surface area contributed by atoms with E-state index in [1.807, 2.05) is 36.1 Å². The topological polar surface area (TPSA) is 85.0 Å². The number of carbonyl (C=O) groups is 3. The van der Waals surface area contributed by atoms with E-state index in [-0.39, 0.29) is 17.9 Å². The summed E-state index contributed by atoms with van der Waals surface area (Å²) in [5.74, 6) is 0.458. The first-order valence-corrected chi connectivity index (χ1v) is 14.7. The zero-order chi connectivity index (χ0) is 25.8. The third-order valence-electron chi connectivity index (χ3n) is 8.11. The number of anilines is 1. The highest BCUT2D eigenvalue weighted by Crippen LogP contribution is 2.37. The molecule has 8 nitrogen and oxygen atoms in total. The molecule has 0 aliphatic carbocycles. The van der Waals surface area contributed by atoms with Crippen LogP contribution in [-0.2, 0) is 4.79 Å². The molecule has 9 heteroatoms. The summed E-state index contributed by atoms with van der Waals surface area (Å²) in [6.45, 7) is 7.50. The molecule has 1 unspecified atom stereocenters. The van der Waals surface area contributed by atoms with E-state index in [9.17, 15) is 14.4 Å². The number of likely N-dealkylation sites (tertiary alicyclic amines) is 3. The van der Waals surface area contributed by atoms with Gasteiger partial charge in [-0.2, -0.15) is 0 Å². The van der Waals surface area contributed by atoms with E-state index < -0.39 is 0 Å². The number of thiophene rings is 1. The fourth-order valence-electron chi connectivity index (χ4n) is 6.16. The van der Waals surface area contributed by atoms with Gasteiger partial charge in [-0.3, -0.25) is 19.8 Å². The quantitative estimate of drug-likeness (QED) is 0.607. The molecule has 3 aliphatic rings. The van der Waals surface area contributed by atoms with Crippen LogP contribution in [0.25, 0.3) is 10.1 Å². The Bertz CT molecular complexity index is 1120. The molecule has 3 saturated heterocycles. The van der Waals surface area contributed by atoms with Crippen molar-refractivity contribution in [2.24, 2.45) is 5.92 Å². The number of hydrogen-bond donors (Lipinski definition) is 2. The van der Waals surface area contributed by atoms with E-state index in [4.69, 9.17) is 0 Å². The lowest BCUT2D eigenvalue weighted by molar-refractivity contribution is -0.138. The van der Waals surface area contributed by atoms with E-state index in [0.29, 0.717) is 42.1 Å². The Balaban J connectivity index is 1.23. The van der Waals surface area contributed by atoms with Gasteiger partial charge < -0.3 is 15.1 Å². The number of nitrogens with one attached hydrogen (secondary N) is 2. The van der Waals surface area contributed by atoms with Crippen molar-refractivity contribution >= 4 is 44.3 Å². The van der Waals surface area contributed by atoms with Gasteiger partial charge in [0.25, 0.3) is 5.91 Å². The van der Waals surface area contributed by atoms with Gasteiger partial charge in [-0.15, -0.1) is 11.3 Å². The second-order valence-corrected chi connectivity index (χ2v) is 11.6. The van der Waals surface area contributed by atoms with Gasteiger partial charge >= 0.3 is 6.03 Å². The molecular formula is C28H39N5O3S. The van der Waals surface area contributed by atoms with Gasteiger partial charge in [0.2, 0.25) is 5.91 Å². The lowest BCUT2D eigenvalue weighted by Gasteiger charge is -2.43. The lowest BCUT2D eigenvalue weighted by atomic mass is 9.92. The number of benzene rings is 1. The highest BCUT2D eigenvalue weighted by Gasteiger charge is 2.35. The number of urea groups is 1. The van der Waals surface area contributed by atoms with Gasteiger partial charge in [0, 0.05) is 55.4 Å². The van der Waals surface area contributed by atoms with Crippen LogP contribution < -0.4 is 10.6 Å². The highest BCUT2D eigenvalue weighted by molar-refractivity contribution is 7.23. The first-order valence-electron chi connectivity index (χ1n) is 13.9. The molecule has 2 aromatic rings. The maximum absolute atomic E-state index is 13.7. The maximum atomic E-state index is 13.7. The van der Waals surface area contributed by atoms with Gasteiger partial charge in [-0.25, -0.2) is 4.79 Å². The monoisotopic (exact) mass is 525 g/mol. The first kappa shape index (κ1) is 26.0. The summed E-state index contributed by atoms with van der Waals surface area (Å²) in [6, 6.07) is 7.96. The van der Waals surface area contributed by atoms with Crippen LogP contribution in [0.3, 0.4) is 0 Å². The van der Waals surface area contributed by atoms with Crippen molar-refractivity contribution in [3.63, 3.8) is 0 Å². The van der Waals surface area contributed by atoms with E-state index >= 15 is 0 Å². The molecule has 3 fully saturated rings. The zero-order valence-electron chi connectivity index (χ0n) is 21.8. The second kappa shape index (κ2) is 11.8. The third-order valence-corrected chi connectivity index (χ3v) is 9.20. The number of fused-ring (bicyclic) bond motifs is 1. The number of piperidine rings is 3. The Morgan fingerprint density at radius 2 is 1.68 bits per heavy atom. The SMILES string of the molecule is CCNC(=O)Nc1sc2ccccc2c1C(=O)N1CCC(N2CCCC(C(=O)N3CCCCC3)C2)CC1. The Morgan fingerprint density at radius 3 is 2.43 bits per heavy atom. The van der Waals surface area contributed by atoms with Crippen molar-refractivity contribution in [2.75, 3.05) is 51.1 Å². The van der Waals surface area contributed by atoms with Crippen molar-refractivity contribution in [3.05, 3.63) is 29.8 Å². The molecule has 2 N–H and O–H groups in total.